The van der Waals surface area contributed by atoms with Crippen LogP contribution in [-0.4, -0.2) is 18.5 Å². The lowest BCUT2D eigenvalue weighted by atomic mass is 10.1. The fraction of sp³-hybridized carbons (Fsp3) is 0.188. The van der Waals surface area contributed by atoms with Gasteiger partial charge in [0.05, 0.1) is 12.2 Å². The van der Waals surface area contributed by atoms with Crippen LogP contribution in [0, 0.1) is 0 Å². The molecule has 1 aromatic heterocycles. The maximum atomic E-state index is 11.9. The molecule has 2 rings (SSSR count). The lowest BCUT2D eigenvalue weighted by Gasteiger charge is -2.07. The van der Waals surface area contributed by atoms with Gasteiger partial charge in [0.1, 0.15) is 11.3 Å². The van der Waals surface area contributed by atoms with Gasteiger partial charge in [0.15, 0.2) is 0 Å². The molecule has 0 radical (unpaired) electrons. The molecular formula is C16H14O6. The van der Waals surface area contributed by atoms with E-state index >= 15 is 0 Å². The van der Waals surface area contributed by atoms with E-state index in [1.165, 1.54) is 25.1 Å². The van der Waals surface area contributed by atoms with Crippen LogP contribution in [-0.2, 0) is 9.53 Å². The molecule has 1 heterocycles. The van der Waals surface area contributed by atoms with Gasteiger partial charge in [-0.1, -0.05) is 6.58 Å². The first-order chi connectivity index (χ1) is 10.4. The van der Waals surface area contributed by atoms with Gasteiger partial charge in [-0.15, -0.1) is 0 Å². The maximum absolute atomic E-state index is 11.9. The Morgan fingerprint density at radius 3 is 2.64 bits per heavy atom. The van der Waals surface area contributed by atoms with Crippen molar-refractivity contribution in [2.75, 3.05) is 6.61 Å². The second kappa shape index (κ2) is 6.26. The average molecular weight is 302 g/mol. The first-order valence-electron chi connectivity index (χ1n) is 6.55. The molecule has 1 aromatic carbocycles. The number of hydrogen-bond donors (Lipinski definition) is 0. The second-order valence-electron chi connectivity index (χ2n) is 4.53. The first-order valence-corrected chi connectivity index (χ1v) is 6.55. The quantitative estimate of drug-likeness (QED) is 0.373. The third-order valence-electron chi connectivity index (χ3n) is 2.77. The number of benzene rings is 1. The summed E-state index contributed by atoms with van der Waals surface area (Å²) >= 11 is 0. The average Bonchev–Trinajstić information content (AvgIpc) is 2.46. The van der Waals surface area contributed by atoms with Gasteiger partial charge in [0, 0.05) is 23.1 Å². The molecule has 0 unspecified atom stereocenters. The summed E-state index contributed by atoms with van der Waals surface area (Å²) < 4.78 is 15.0. The van der Waals surface area contributed by atoms with E-state index in [1.54, 1.807) is 6.92 Å². The zero-order valence-corrected chi connectivity index (χ0v) is 12.2. The molecule has 114 valence electrons. The highest BCUT2D eigenvalue weighted by molar-refractivity contribution is 6.03. The van der Waals surface area contributed by atoms with Gasteiger partial charge in [-0.2, -0.15) is 0 Å². The summed E-state index contributed by atoms with van der Waals surface area (Å²) in [5.41, 5.74) is -0.228. The minimum atomic E-state index is -0.695. The molecule has 2 aromatic rings. The van der Waals surface area contributed by atoms with E-state index < -0.39 is 17.6 Å². The molecule has 0 bridgehead atoms. The molecule has 0 aliphatic heterocycles. The highest BCUT2D eigenvalue weighted by atomic mass is 16.5. The zero-order chi connectivity index (χ0) is 16.3. The first kappa shape index (κ1) is 15.5. The molecule has 0 saturated carbocycles. The summed E-state index contributed by atoms with van der Waals surface area (Å²) in [5.74, 6) is -1.03. The summed E-state index contributed by atoms with van der Waals surface area (Å²) in [6, 6.07) is 5.44. The van der Waals surface area contributed by atoms with Gasteiger partial charge in [0.25, 0.3) is 0 Å². The van der Waals surface area contributed by atoms with Crippen LogP contribution < -0.4 is 10.4 Å². The third-order valence-corrected chi connectivity index (χ3v) is 2.77. The molecule has 22 heavy (non-hydrogen) atoms. The van der Waals surface area contributed by atoms with Crippen LogP contribution in [0.5, 0.6) is 5.75 Å². The Morgan fingerprint density at radius 1 is 1.27 bits per heavy atom. The second-order valence-corrected chi connectivity index (χ2v) is 4.53. The van der Waals surface area contributed by atoms with Crippen molar-refractivity contribution in [1.82, 2.24) is 0 Å². The van der Waals surface area contributed by atoms with Gasteiger partial charge < -0.3 is 13.9 Å². The number of rotatable bonds is 4. The van der Waals surface area contributed by atoms with Crippen molar-refractivity contribution in [2.24, 2.45) is 0 Å². The Labute approximate surface area is 125 Å². The van der Waals surface area contributed by atoms with Crippen molar-refractivity contribution in [3.8, 4) is 5.75 Å². The molecule has 0 aliphatic carbocycles. The molecule has 6 nitrogen and oxygen atoms in total. The van der Waals surface area contributed by atoms with Gasteiger partial charge in [-0.25, -0.2) is 14.4 Å². The predicted molar refractivity (Wildman–Crippen MR) is 78.9 cm³/mol. The standard InChI is InChI=1S/C16H14O6/c1-4-20-16(19)12-8-14(17)22-13-7-10(5-6-11(12)13)21-15(18)9(2)3/h5-8H,2,4H2,1,3H3. The lowest BCUT2D eigenvalue weighted by Crippen LogP contribution is -2.11. The summed E-state index contributed by atoms with van der Waals surface area (Å²) in [4.78, 5) is 34.9. The summed E-state index contributed by atoms with van der Waals surface area (Å²) in [5, 5.41) is 0.396. The van der Waals surface area contributed by atoms with E-state index in [9.17, 15) is 14.4 Å². The molecule has 0 fully saturated rings. The predicted octanol–water partition coefficient (Wildman–Crippen LogP) is 2.45. The third kappa shape index (κ3) is 3.22. The molecule has 0 atom stereocenters. The monoisotopic (exact) mass is 302 g/mol. The number of hydrogen-bond acceptors (Lipinski definition) is 6. The van der Waals surface area contributed by atoms with Crippen LogP contribution in [0.25, 0.3) is 11.0 Å². The maximum Gasteiger partial charge on any atom is 0.339 e. The van der Waals surface area contributed by atoms with E-state index in [1.807, 2.05) is 0 Å². The van der Waals surface area contributed by atoms with E-state index in [-0.39, 0.29) is 29.1 Å². The van der Waals surface area contributed by atoms with Gasteiger partial charge >= 0.3 is 17.6 Å². The van der Waals surface area contributed by atoms with Crippen LogP contribution >= 0.6 is 0 Å². The van der Waals surface area contributed by atoms with Crippen molar-refractivity contribution >= 4 is 22.9 Å². The van der Waals surface area contributed by atoms with Crippen molar-refractivity contribution in [1.29, 1.82) is 0 Å². The SMILES string of the molecule is C=C(C)C(=O)Oc1ccc2c(C(=O)OCC)cc(=O)oc2c1. The van der Waals surface area contributed by atoms with E-state index in [4.69, 9.17) is 13.9 Å². The summed E-state index contributed by atoms with van der Waals surface area (Å²) in [6.07, 6.45) is 0. The highest BCUT2D eigenvalue weighted by Gasteiger charge is 2.15. The highest BCUT2D eigenvalue weighted by Crippen LogP contribution is 2.23. The Balaban J connectivity index is 2.50. The molecule has 6 heteroatoms. The Kier molecular flexibility index (Phi) is 4.41. The van der Waals surface area contributed by atoms with Crippen LogP contribution in [0.1, 0.15) is 24.2 Å². The summed E-state index contributed by atoms with van der Waals surface area (Å²) in [6.45, 7) is 6.85. The zero-order valence-electron chi connectivity index (χ0n) is 12.2. The Bertz CT molecular complexity index is 815. The Hall–Kier alpha value is -2.89. The van der Waals surface area contributed by atoms with Gasteiger partial charge in [-0.05, 0) is 26.0 Å². The number of fused-ring (bicyclic) bond motifs is 1. The van der Waals surface area contributed by atoms with Crippen LogP contribution in [0.2, 0.25) is 0 Å². The van der Waals surface area contributed by atoms with E-state index in [0.717, 1.165) is 6.07 Å². The largest absolute Gasteiger partial charge is 0.462 e. The fourth-order valence-corrected chi connectivity index (χ4v) is 1.78. The van der Waals surface area contributed by atoms with Crippen LogP contribution in [0.4, 0.5) is 0 Å². The van der Waals surface area contributed by atoms with Crippen molar-refractivity contribution in [2.45, 2.75) is 13.8 Å². The Morgan fingerprint density at radius 2 is 2.00 bits per heavy atom. The van der Waals surface area contributed by atoms with Crippen LogP contribution in [0.3, 0.4) is 0 Å². The molecule has 0 saturated heterocycles. The normalized spacial score (nSPS) is 10.3. The van der Waals surface area contributed by atoms with Gasteiger partial charge in [-0.3, -0.25) is 0 Å². The topological polar surface area (TPSA) is 82.8 Å². The lowest BCUT2D eigenvalue weighted by molar-refractivity contribution is -0.130. The van der Waals surface area contributed by atoms with E-state index in [2.05, 4.69) is 6.58 Å². The smallest absolute Gasteiger partial charge is 0.339 e. The number of ether oxygens (including phenoxy) is 2. The van der Waals surface area contributed by atoms with Crippen molar-refractivity contribution < 1.29 is 23.5 Å². The van der Waals surface area contributed by atoms with E-state index in [0.29, 0.717) is 5.39 Å². The van der Waals surface area contributed by atoms with Crippen molar-refractivity contribution in [3.05, 3.63) is 52.4 Å². The molecular weight excluding hydrogens is 288 g/mol. The number of carbonyl (C=O) groups excluding carboxylic acids is 2. The van der Waals surface area contributed by atoms with Gasteiger partial charge in [0.2, 0.25) is 0 Å². The minimum Gasteiger partial charge on any atom is -0.462 e. The minimum absolute atomic E-state index is 0.103. The molecule has 0 amide bonds. The van der Waals surface area contributed by atoms with Crippen LogP contribution in [0.15, 0.2) is 45.6 Å². The fourth-order valence-electron chi connectivity index (χ4n) is 1.78. The van der Waals surface area contributed by atoms with Crippen molar-refractivity contribution in [3.63, 3.8) is 0 Å². The summed E-state index contributed by atoms with van der Waals surface area (Å²) in [7, 11) is 0. The molecule has 0 N–H and O–H groups in total. The number of carbonyl (C=O) groups is 2. The number of esters is 2. The molecule has 0 aliphatic rings. The molecule has 0 spiro atoms.